The standard InChI is InChI=1S/C26H37N3O3/c1-18(2)16-24(30)28-14-12-21(13-15-28)27-25(31)23-17-20-10-6-7-11-22(20)29(23)26(32)19-8-4-3-5-9-19/h3-5,8-9,18,20-23H,6-7,10-17H2,1-2H3,(H,27,31). The summed E-state index contributed by atoms with van der Waals surface area (Å²) in [5, 5.41) is 3.24. The van der Waals surface area contributed by atoms with E-state index in [4.69, 9.17) is 0 Å². The number of carbonyl (C=O) groups is 3. The number of nitrogens with one attached hydrogen (secondary N) is 1. The Morgan fingerprint density at radius 1 is 1.00 bits per heavy atom. The van der Waals surface area contributed by atoms with Gasteiger partial charge in [0.2, 0.25) is 11.8 Å². The van der Waals surface area contributed by atoms with Gasteiger partial charge < -0.3 is 15.1 Å². The lowest BCUT2D eigenvalue weighted by Crippen LogP contribution is -2.53. The number of amides is 3. The van der Waals surface area contributed by atoms with Crippen molar-refractivity contribution in [1.82, 2.24) is 15.1 Å². The Kier molecular flexibility index (Phi) is 7.17. The van der Waals surface area contributed by atoms with Crippen LogP contribution in [0.1, 0.15) is 75.6 Å². The summed E-state index contributed by atoms with van der Waals surface area (Å²) in [6, 6.07) is 9.21. The van der Waals surface area contributed by atoms with Crippen molar-refractivity contribution in [2.75, 3.05) is 13.1 Å². The van der Waals surface area contributed by atoms with Crippen molar-refractivity contribution in [1.29, 1.82) is 0 Å². The second-order valence-electron chi connectivity index (χ2n) is 10.2. The van der Waals surface area contributed by atoms with Crippen molar-refractivity contribution in [3.05, 3.63) is 35.9 Å². The number of benzene rings is 1. The lowest BCUT2D eigenvalue weighted by molar-refractivity contribution is -0.133. The first-order valence-corrected chi connectivity index (χ1v) is 12.4. The average molecular weight is 440 g/mol. The Labute approximate surface area is 191 Å². The third-order valence-corrected chi connectivity index (χ3v) is 7.42. The molecule has 2 aliphatic heterocycles. The minimum atomic E-state index is -0.392. The summed E-state index contributed by atoms with van der Waals surface area (Å²) in [6.45, 7) is 5.51. The van der Waals surface area contributed by atoms with Crippen LogP contribution in [0, 0.1) is 11.8 Å². The maximum atomic E-state index is 13.4. The van der Waals surface area contributed by atoms with E-state index >= 15 is 0 Å². The molecule has 3 fully saturated rings. The number of nitrogens with zero attached hydrogens (tertiary/aromatic N) is 2. The molecule has 0 bridgehead atoms. The normalized spacial score (nSPS) is 26.2. The first-order chi connectivity index (χ1) is 15.4. The average Bonchev–Trinajstić information content (AvgIpc) is 3.19. The Morgan fingerprint density at radius 3 is 2.38 bits per heavy atom. The molecule has 2 saturated heterocycles. The van der Waals surface area contributed by atoms with Crippen LogP contribution in [0.15, 0.2) is 30.3 Å². The highest BCUT2D eigenvalue weighted by Crippen LogP contribution is 2.40. The maximum Gasteiger partial charge on any atom is 0.254 e. The molecule has 4 rings (SSSR count). The monoisotopic (exact) mass is 439 g/mol. The molecule has 1 aromatic carbocycles. The third kappa shape index (κ3) is 5.00. The van der Waals surface area contributed by atoms with E-state index in [2.05, 4.69) is 19.2 Å². The lowest BCUT2D eigenvalue weighted by Gasteiger charge is -2.35. The highest BCUT2D eigenvalue weighted by atomic mass is 16.2. The first-order valence-electron chi connectivity index (χ1n) is 12.4. The second-order valence-corrected chi connectivity index (χ2v) is 10.2. The second kappa shape index (κ2) is 10.1. The van der Waals surface area contributed by atoms with Crippen molar-refractivity contribution in [2.24, 2.45) is 11.8 Å². The minimum Gasteiger partial charge on any atom is -0.351 e. The van der Waals surface area contributed by atoms with Crippen LogP contribution in [-0.2, 0) is 9.59 Å². The minimum absolute atomic E-state index is 0.0179. The van der Waals surface area contributed by atoms with Gasteiger partial charge in [0.1, 0.15) is 6.04 Å². The van der Waals surface area contributed by atoms with Gasteiger partial charge in [-0.05, 0) is 56.1 Å². The molecule has 32 heavy (non-hydrogen) atoms. The Morgan fingerprint density at radius 2 is 1.69 bits per heavy atom. The molecule has 0 radical (unpaired) electrons. The molecular weight excluding hydrogens is 402 g/mol. The molecule has 1 saturated carbocycles. The predicted octanol–water partition coefficient (Wildman–Crippen LogP) is 3.61. The zero-order valence-corrected chi connectivity index (χ0v) is 19.5. The summed E-state index contributed by atoms with van der Waals surface area (Å²) in [4.78, 5) is 43.0. The Hall–Kier alpha value is -2.37. The molecule has 1 aromatic rings. The summed E-state index contributed by atoms with van der Waals surface area (Å²) in [6.07, 6.45) is 7.30. The molecule has 3 aliphatic rings. The van der Waals surface area contributed by atoms with Crippen LogP contribution in [0.5, 0.6) is 0 Å². The fourth-order valence-electron chi connectivity index (χ4n) is 5.76. The number of piperidine rings is 1. The van der Waals surface area contributed by atoms with Crippen LogP contribution in [0.3, 0.4) is 0 Å². The fourth-order valence-corrected chi connectivity index (χ4v) is 5.76. The van der Waals surface area contributed by atoms with Crippen molar-refractivity contribution in [3.8, 4) is 0 Å². The van der Waals surface area contributed by atoms with Crippen molar-refractivity contribution in [3.63, 3.8) is 0 Å². The molecule has 3 atom stereocenters. The van der Waals surface area contributed by atoms with Crippen molar-refractivity contribution in [2.45, 2.75) is 83.3 Å². The number of hydrogen-bond acceptors (Lipinski definition) is 3. The maximum absolute atomic E-state index is 13.4. The van der Waals surface area contributed by atoms with Gasteiger partial charge in [-0.25, -0.2) is 0 Å². The van der Waals surface area contributed by atoms with Crippen LogP contribution in [0.25, 0.3) is 0 Å². The molecule has 6 nitrogen and oxygen atoms in total. The molecule has 1 N–H and O–H groups in total. The Bertz CT molecular complexity index is 817. The number of carbonyl (C=O) groups excluding carboxylic acids is 3. The largest absolute Gasteiger partial charge is 0.351 e. The molecule has 0 spiro atoms. The number of fused-ring (bicyclic) bond motifs is 1. The van der Waals surface area contributed by atoms with E-state index in [1.54, 1.807) is 0 Å². The number of likely N-dealkylation sites (tertiary alicyclic amines) is 2. The SMILES string of the molecule is CC(C)CC(=O)N1CCC(NC(=O)C2CC3CCCCC3N2C(=O)c2ccccc2)CC1. The van der Waals surface area contributed by atoms with E-state index in [1.807, 2.05) is 40.1 Å². The molecule has 3 unspecified atom stereocenters. The highest BCUT2D eigenvalue weighted by molar-refractivity contribution is 5.98. The molecule has 6 heteroatoms. The van der Waals surface area contributed by atoms with E-state index in [0.29, 0.717) is 36.9 Å². The fraction of sp³-hybridized carbons (Fsp3) is 0.654. The van der Waals surface area contributed by atoms with E-state index in [0.717, 1.165) is 38.5 Å². The van der Waals surface area contributed by atoms with Crippen LogP contribution >= 0.6 is 0 Å². The van der Waals surface area contributed by atoms with E-state index in [9.17, 15) is 14.4 Å². The zero-order chi connectivity index (χ0) is 22.7. The van der Waals surface area contributed by atoms with Gasteiger partial charge in [0, 0.05) is 37.2 Å². The van der Waals surface area contributed by atoms with Crippen LogP contribution in [-0.4, -0.2) is 58.7 Å². The van der Waals surface area contributed by atoms with Gasteiger partial charge in [-0.1, -0.05) is 44.9 Å². The number of rotatable bonds is 5. The van der Waals surface area contributed by atoms with Gasteiger partial charge >= 0.3 is 0 Å². The van der Waals surface area contributed by atoms with Gasteiger partial charge in [0.25, 0.3) is 5.91 Å². The van der Waals surface area contributed by atoms with Crippen LogP contribution in [0.4, 0.5) is 0 Å². The number of hydrogen-bond donors (Lipinski definition) is 1. The highest BCUT2D eigenvalue weighted by Gasteiger charge is 2.47. The summed E-state index contributed by atoms with van der Waals surface area (Å²) in [7, 11) is 0. The van der Waals surface area contributed by atoms with Gasteiger partial charge in [-0.3, -0.25) is 14.4 Å². The third-order valence-electron chi connectivity index (χ3n) is 7.42. The van der Waals surface area contributed by atoms with Crippen LogP contribution < -0.4 is 5.32 Å². The van der Waals surface area contributed by atoms with Crippen molar-refractivity contribution < 1.29 is 14.4 Å². The topological polar surface area (TPSA) is 69.7 Å². The van der Waals surface area contributed by atoms with E-state index in [-0.39, 0.29) is 29.8 Å². The molecule has 0 aromatic heterocycles. The van der Waals surface area contributed by atoms with Crippen LogP contribution in [0.2, 0.25) is 0 Å². The summed E-state index contributed by atoms with van der Waals surface area (Å²) in [5.74, 6) is 0.954. The molecule has 1 aliphatic carbocycles. The predicted molar refractivity (Wildman–Crippen MR) is 124 cm³/mol. The van der Waals surface area contributed by atoms with E-state index < -0.39 is 6.04 Å². The first kappa shape index (κ1) is 22.8. The molecule has 174 valence electrons. The van der Waals surface area contributed by atoms with Gasteiger partial charge in [-0.2, -0.15) is 0 Å². The van der Waals surface area contributed by atoms with Gasteiger partial charge in [-0.15, -0.1) is 0 Å². The Balaban J connectivity index is 1.40. The summed E-state index contributed by atoms with van der Waals surface area (Å²) in [5.41, 5.74) is 0.661. The summed E-state index contributed by atoms with van der Waals surface area (Å²) >= 11 is 0. The molecular formula is C26H37N3O3. The van der Waals surface area contributed by atoms with Gasteiger partial charge in [0.05, 0.1) is 0 Å². The molecule has 2 heterocycles. The van der Waals surface area contributed by atoms with Gasteiger partial charge in [0.15, 0.2) is 0 Å². The zero-order valence-electron chi connectivity index (χ0n) is 19.5. The quantitative estimate of drug-likeness (QED) is 0.762. The summed E-state index contributed by atoms with van der Waals surface area (Å²) < 4.78 is 0. The van der Waals surface area contributed by atoms with E-state index in [1.165, 1.54) is 6.42 Å². The van der Waals surface area contributed by atoms with Crippen molar-refractivity contribution >= 4 is 17.7 Å². The molecule has 3 amide bonds. The lowest BCUT2D eigenvalue weighted by atomic mass is 9.84. The smallest absolute Gasteiger partial charge is 0.254 e.